The Labute approximate surface area is 167 Å². The predicted octanol–water partition coefficient (Wildman–Crippen LogP) is 4.99. The molecule has 3 rings (SSSR count). The zero-order chi connectivity index (χ0) is 19.2. The Kier molecular flexibility index (Phi) is 6.84. The molecule has 1 unspecified atom stereocenters. The Bertz CT molecular complexity index is 743. The Morgan fingerprint density at radius 1 is 1.33 bits per heavy atom. The Hall–Kier alpha value is -1.94. The van der Waals surface area contributed by atoms with E-state index < -0.39 is 5.38 Å². The molecule has 0 fully saturated rings. The zero-order valence-corrected chi connectivity index (χ0v) is 17.0. The van der Waals surface area contributed by atoms with Gasteiger partial charge in [0.2, 0.25) is 5.91 Å². The van der Waals surface area contributed by atoms with Crippen molar-refractivity contribution in [3.63, 3.8) is 0 Å². The van der Waals surface area contributed by atoms with E-state index in [-0.39, 0.29) is 5.91 Å². The summed E-state index contributed by atoms with van der Waals surface area (Å²) in [6.45, 7) is 7.18. The van der Waals surface area contributed by atoms with Crippen LogP contribution in [-0.2, 0) is 24.3 Å². The molecule has 146 valence electrons. The maximum absolute atomic E-state index is 12.6. The van der Waals surface area contributed by atoms with Gasteiger partial charge < -0.3 is 14.2 Å². The average molecular weight is 389 g/mol. The van der Waals surface area contributed by atoms with E-state index in [1.807, 2.05) is 12.1 Å². The maximum atomic E-state index is 12.6. The second-order valence-electron chi connectivity index (χ2n) is 7.30. The van der Waals surface area contributed by atoms with Crippen molar-refractivity contribution >= 4 is 23.2 Å². The van der Waals surface area contributed by atoms with Gasteiger partial charge in [-0.15, -0.1) is 11.6 Å². The Morgan fingerprint density at radius 3 is 2.89 bits per heavy atom. The van der Waals surface area contributed by atoms with Gasteiger partial charge in [0.05, 0.1) is 12.8 Å². The number of rotatable bonds is 8. The molecule has 0 bridgehead atoms. The maximum Gasteiger partial charge on any atom is 0.241 e. The molecule has 2 heterocycles. The third-order valence-electron chi connectivity index (χ3n) is 5.09. The summed E-state index contributed by atoms with van der Waals surface area (Å²) in [6.07, 6.45) is 6.36. The standard InChI is InChI=1S/C22H29ClN2O2/c1-3-4-11-24-12-5-7-19-14-18(9-10-21(19)24)15-25(22(26)17(2)23)16-20-8-6-13-27-20/h6,8-10,13-14,17H,3-5,7,11-12,15-16H2,1-2H3. The third kappa shape index (κ3) is 5.07. The van der Waals surface area contributed by atoms with Crippen molar-refractivity contribution in [2.45, 2.75) is 58.0 Å². The molecule has 1 amide bonds. The van der Waals surface area contributed by atoms with E-state index in [9.17, 15) is 4.79 Å². The van der Waals surface area contributed by atoms with E-state index in [0.717, 1.165) is 30.8 Å². The third-order valence-corrected chi connectivity index (χ3v) is 5.28. The number of hydrogen-bond acceptors (Lipinski definition) is 3. The highest BCUT2D eigenvalue weighted by Gasteiger charge is 2.22. The number of aryl methyl sites for hydroxylation is 1. The van der Waals surface area contributed by atoms with Crippen LogP contribution in [0.5, 0.6) is 0 Å². The van der Waals surface area contributed by atoms with Crippen LogP contribution in [0, 0.1) is 0 Å². The van der Waals surface area contributed by atoms with Crippen molar-refractivity contribution in [2.75, 3.05) is 18.0 Å². The van der Waals surface area contributed by atoms with Crippen LogP contribution in [-0.4, -0.2) is 29.3 Å². The lowest BCUT2D eigenvalue weighted by atomic mass is 9.98. The summed E-state index contributed by atoms with van der Waals surface area (Å²) in [5.41, 5.74) is 3.88. The van der Waals surface area contributed by atoms with E-state index >= 15 is 0 Å². The van der Waals surface area contributed by atoms with Crippen LogP contribution in [0.2, 0.25) is 0 Å². The van der Waals surface area contributed by atoms with Gasteiger partial charge in [-0.2, -0.15) is 0 Å². The number of fused-ring (bicyclic) bond motifs is 1. The first-order chi connectivity index (χ1) is 13.1. The van der Waals surface area contributed by atoms with E-state index in [1.165, 1.54) is 30.5 Å². The molecule has 0 radical (unpaired) electrons. The lowest BCUT2D eigenvalue weighted by Gasteiger charge is -2.32. The number of anilines is 1. The molecule has 0 aliphatic carbocycles. The van der Waals surface area contributed by atoms with Gasteiger partial charge in [0.1, 0.15) is 11.1 Å². The molecule has 0 saturated carbocycles. The summed E-state index contributed by atoms with van der Waals surface area (Å²) < 4.78 is 5.43. The molecule has 0 spiro atoms. The van der Waals surface area contributed by atoms with Crippen LogP contribution in [0.3, 0.4) is 0 Å². The Balaban J connectivity index is 1.77. The molecule has 1 aromatic heterocycles. The highest BCUT2D eigenvalue weighted by atomic mass is 35.5. The van der Waals surface area contributed by atoms with Gasteiger partial charge in [0.15, 0.2) is 0 Å². The SMILES string of the molecule is CCCCN1CCCc2cc(CN(Cc3ccco3)C(=O)C(C)Cl)ccc21. The summed E-state index contributed by atoms with van der Waals surface area (Å²) in [6, 6.07) is 10.3. The molecule has 1 aliphatic heterocycles. The van der Waals surface area contributed by atoms with Crippen LogP contribution in [0.4, 0.5) is 5.69 Å². The van der Waals surface area contributed by atoms with Crippen LogP contribution < -0.4 is 4.90 Å². The highest BCUT2D eigenvalue weighted by Crippen LogP contribution is 2.29. The summed E-state index contributed by atoms with van der Waals surface area (Å²) in [4.78, 5) is 16.8. The molecule has 1 aliphatic rings. The number of nitrogens with zero attached hydrogens (tertiary/aromatic N) is 2. The lowest BCUT2D eigenvalue weighted by molar-refractivity contribution is -0.132. The summed E-state index contributed by atoms with van der Waals surface area (Å²) in [5, 5.41) is -0.554. The number of benzene rings is 1. The molecule has 0 N–H and O–H groups in total. The van der Waals surface area contributed by atoms with Crippen molar-refractivity contribution in [3.8, 4) is 0 Å². The number of carbonyl (C=O) groups excluding carboxylic acids is 1. The first-order valence-corrected chi connectivity index (χ1v) is 10.3. The van der Waals surface area contributed by atoms with Crippen LogP contribution in [0.25, 0.3) is 0 Å². The largest absolute Gasteiger partial charge is 0.467 e. The highest BCUT2D eigenvalue weighted by molar-refractivity contribution is 6.30. The molecule has 5 heteroatoms. The lowest BCUT2D eigenvalue weighted by Crippen LogP contribution is -2.35. The number of alkyl halides is 1. The van der Waals surface area contributed by atoms with Gasteiger partial charge in [0, 0.05) is 25.3 Å². The number of amides is 1. The Morgan fingerprint density at radius 2 is 2.19 bits per heavy atom. The second-order valence-corrected chi connectivity index (χ2v) is 7.95. The van der Waals surface area contributed by atoms with E-state index in [2.05, 4.69) is 30.0 Å². The number of furan rings is 1. The molecule has 2 aromatic rings. The summed E-state index contributed by atoms with van der Waals surface area (Å²) >= 11 is 6.08. The van der Waals surface area contributed by atoms with E-state index in [4.69, 9.17) is 16.0 Å². The quantitative estimate of drug-likeness (QED) is 0.598. The molecule has 27 heavy (non-hydrogen) atoms. The number of unbranched alkanes of at least 4 members (excludes halogenated alkanes) is 1. The molecular formula is C22H29ClN2O2. The minimum absolute atomic E-state index is 0.0737. The minimum Gasteiger partial charge on any atom is -0.467 e. The van der Waals surface area contributed by atoms with Crippen LogP contribution in [0.15, 0.2) is 41.0 Å². The first-order valence-electron chi connectivity index (χ1n) is 9.90. The van der Waals surface area contributed by atoms with Gasteiger partial charge in [-0.05, 0) is 55.5 Å². The monoisotopic (exact) mass is 388 g/mol. The topological polar surface area (TPSA) is 36.7 Å². The number of halogens is 1. The van der Waals surface area contributed by atoms with Crippen molar-refractivity contribution in [1.29, 1.82) is 0 Å². The van der Waals surface area contributed by atoms with Crippen molar-refractivity contribution in [1.82, 2.24) is 4.90 Å². The molecular weight excluding hydrogens is 360 g/mol. The van der Waals surface area contributed by atoms with Gasteiger partial charge >= 0.3 is 0 Å². The summed E-state index contributed by atoms with van der Waals surface area (Å²) in [7, 11) is 0. The molecule has 1 atom stereocenters. The second kappa shape index (κ2) is 9.32. The number of carbonyl (C=O) groups is 1. The smallest absolute Gasteiger partial charge is 0.241 e. The first kappa shape index (κ1) is 19.8. The van der Waals surface area contributed by atoms with Gasteiger partial charge in [0.25, 0.3) is 0 Å². The molecule has 1 aromatic carbocycles. The van der Waals surface area contributed by atoms with E-state index in [1.54, 1.807) is 18.1 Å². The number of hydrogen-bond donors (Lipinski definition) is 0. The minimum atomic E-state index is -0.554. The predicted molar refractivity (Wildman–Crippen MR) is 110 cm³/mol. The normalized spacial score (nSPS) is 14.7. The summed E-state index contributed by atoms with van der Waals surface area (Å²) in [5.74, 6) is 0.694. The fourth-order valence-electron chi connectivity index (χ4n) is 3.68. The fraction of sp³-hybridized carbons (Fsp3) is 0.500. The van der Waals surface area contributed by atoms with Crippen molar-refractivity contribution in [3.05, 3.63) is 53.5 Å². The molecule has 4 nitrogen and oxygen atoms in total. The van der Waals surface area contributed by atoms with E-state index in [0.29, 0.717) is 13.1 Å². The van der Waals surface area contributed by atoms with Crippen molar-refractivity contribution in [2.24, 2.45) is 0 Å². The van der Waals surface area contributed by atoms with Gasteiger partial charge in [-0.3, -0.25) is 4.79 Å². The molecule has 0 saturated heterocycles. The average Bonchev–Trinajstić information content (AvgIpc) is 3.18. The van der Waals surface area contributed by atoms with Crippen molar-refractivity contribution < 1.29 is 9.21 Å². The van der Waals surface area contributed by atoms with Gasteiger partial charge in [-0.1, -0.05) is 25.5 Å². The van der Waals surface area contributed by atoms with Crippen LogP contribution >= 0.6 is 11.6 Å². The fourth-order valence-corrected chi connectivity index (χ4v) is 3.82. The zero-order valence-electron chi connectivity index (χ0n) is 16.3. The van der Waals surface area contributed by atoms with Crippen LogP contribution in [0.1, 0.15) is 50.0 Å². The van der Waals surface area contributed by atoms with Gasteiger partial charge in [-0.25, -0.2) is 0 Å².